The van der Waals surface area contributed by atoms with Crippen molar-refractivity contribution >= 4 is 23.4 Å². The van der Waals surface area contributed by atoms with Crippen LogP contribution in [0.15, 0.2) is 53.1 Å². The van der Waals surface area contributed by atoms with Crippen molar-refractivity contribution in [2.24, 2.45) is 0 Å². The van der Waals surface area contributed by atoms with Gasteiger partial charge in [0, 0.05) is 16.7 Å². The quantitative estimate of drug-likeness (QED) is 0.733. The first-order valence-corrected chi connectivity index (χ1v) is 7.49. The van der Waals surface area contributed by atoms with Gasteiger partial charge in [0.25, 0.3) is 5.91 Å². The normalized spacial score (nSPS) is 10.5. The van der Waals surface area contributed by atoms with E-state index in [1.165, 1.54) is 12.1 Å². The minimum absolute atomic E-state index is 0.0550. The largest absolute Gasteiger partial charge is 0.484 e. The molecule has 0 spiro atoms. The van der Waals surface area contributed by atoms with Gasteiger partial charge in [0.05, 0.1) is 0 Å². The van der Waals surface area contributed by atoms with Crippen LogP contribution in [0.5, 0.6) is 5.75 Å². The molecule has 0 aliphatic heterocycles. The molecule has 0 saturated heterocycles. The van der Waals surface area contributed by atoms with E-state index in [2.05, 4.69) is 10.5 Å². The van der Waals surface area contributed by atoms with Crippen LogP contribution in [0.4, 0.5) is 14.7 Å². The highest BCUT2D eigenvalue weighted by Crippen LogP contribution is 2.23. The third-order valence-electron chi connectivity index (χ3n) is 3.15. The monoisotopic (exact) mass is 364 g/mol. The minimum atomic E-state index is -0.999. The van der Waals surface area contributed by atoms with E-state index in [1.54, 1.807) is 24.3 Å². The lowest BCUT2D eigenvalue weighted by Gasteiger charge is -2.05. The molecule has 8 heteroatoms. The molecule has 0 radical (unpaired) electrons. The van der Waals surface area contributed by atoms with Crippen molar-refractivity contribution in [1.82, 2.24) is 5.16 Å². The molecule has 0 aliphatic carbocycles. The SMILES string of the molecule is O=C(COc1cccc(Cl)c1)Nc1cc(-c2ccc(F)c(F)c2)no1. The highest BCUT2D eigenvalue weighted by atomic mass is 35.5. The van der Waals surface area contributed by atoms with Gasteiger partial charge in [0.1, 0.15) is 11.4 Å². The first kappa shape index (κ1) is 16.9. The number of halogens is 3. The molecular formula is C17H11ClF2N2O3. The third kappa shape index (κ3) is 4.33. The number of rotatable bonds is 5. The molecule has 3 aromatic rings. The van der Waals surface area contributed by atoms with Gasteiger partial charge < -0.3 is 9.26 Å². The van der Waals surface area contributed by atoms with E-state index in [4.69, 9.17) is 20.9 Å². The Morgan fingerprint density at radius 3 is 2.76 bits per heavy atom. The lowest BCUT2D eigenvalue weighted by atomic mass is 10.1. The lowest BCUT2D eigenvalue weighted by Crippen LogP contribution is -2.19. The highest BCUT2D eigenvalue weighted by Gasteiger charge is 2.12. The average molecular weight is 365 g/mol. The Bertz CT molecular complexity index is 914. The van der Waals surface area contributed by atoms with Crippen LogP contribution in [0.2, 0.25) is 5.02 Å². The summed E-state index contributed by atoms with van der Waals surface area (Å²) < 4.78 is 36.4. The Kier molecular flexibility index (Phi) is 4.95. The first-order chi connectivity index (χ1) is 12.0. The van der Waals surface area contributed by atoms with Gasteiger partial charge in [-0.3, -0.25) is 10.1 Å². The lowest BCUT2D eigenvalue weighted by molar-refractivity contribution is -0.118. The molecule has 128 valence electrons. The Labute approximate surface area is 146 Å². The molecule has 1 N–H and O–H groups in total. The molecule has 1 heterocycles. The van der Waals surface area contributed by atoms with E-state index >= 15 is 0 Å². The molecule has 25 heavy (non-hydrogen) atoms. The number of carbonyl (C=O) groups excluding carboxylic acids is 1. The molecular weight excluding hydrogens is 354 g/mol. The zero-order valence-electron chi connectivity index (χ0n) is 12.6. The van der Waals surface area contributed by atoms with Crippen LogP contribution in [0.25, 0.3) is 11.3 Å². The molecule has 1 amide bonds. The molecule has 2 aromatic carbocycles. The maximum Gasteiger partial charge on any atom is 0.264 e. The summed E-state index contributed by atoms with van der Waals surface area (Å²) >= 11 is 5.82. The van der Waals surface area contributed by atoms with Crippen LogP contribution in [0.1, 0.15) is 0 Å². The summed E-state index contributed by atoms with van der Waals surface area (Å²) in [7, 11) is 0. The van der Waals surface area contributed by atoms with Crippen molar-refractivity contribution in [3.63, 3.8) is 0 Å². The zero-order chi connectivity index (χ0) is 17.8. The molecule has 0 atom stereocenters. The molecule has 0 aliphatic rings. The number of nitrogens with zero attached hydrogens (tertiary/aromatic N) is 1. The van der Waals surface area contributed by atoms with Gasteiger partial charge in [-0.25, -0.2) is 8.78 Å². The van der Waals surface area contributed by atoms with E-state index in [0.717, 1.165) is 12.1 Å². The minimum Gasteiger partial charge on any atom is -0.484 e. The van der Waals surface area contributed by atoms with Gasteiger partial charge in [-0.15, -0.1) is 0 Å². The first-order valence-electron chi connectivity index (χ1n) is 7.11. The number of aromatic nitrogens is 1. The van der Waals surface area contributed by atoms with E-state index in [1.807, 2.05) is 0 Å². The van der Waals surface area contributed by atoms with Crippen LogP contribution in [-0.4, -0.2) is 17.7 Å². The Morgan fingerprint density at radius 2 is 2.00 bits per heavy atom. The summed E-state index contributed by atoms with van der Waals surface area (Å²) in [4.78, 5) is 11.8. The maximum absolute atomic E-state index is 13.2. The van der Waals surface area contributed by atoms with Gasteiger partial charge in [-0.2, -0.15) is 0 Å². The Morgan fingerprint density at radius 1 is 1.16 bits per heavy atom. The van der Waals surface area contributed by atoms with E-state index in [0.29, 0.717) is 16.3 Å². The summed E-state index contributed by atoms with van der Waals surface area (Å²) in [6.07, 6.45) is 0. The number of ether oxygens (including phenoxy) is 1. The van der Waals surface area contributed by atoms with Crippen LogP contribution >= 0.6 is 11.6 Å². The summed E-state index contributed by atoms with van der Waals surface area (Å²) in [6, 6.07) is 11.3. The molecule has 0 saturated carbocycles. The zero-order valence-corrected chi connectivity index (χ0v) is 13.4. The molecule has 1 aromatic heterocycles. The van der Waals surface area contributed by atoms with Crippen LogP contribution < -0.4 is 10.1 Å². The fourth-order valence-corrected chi connectivity index (χ4v) is 2.19. The van der Waals surface area contributed by atoms with Crippen LogP contribution in [0, 0.1) is 11.6 Å². The van der Waals surface area contributed by atoms with Gasteiger partial charge in [0.15, 0.2) is 18.2 Å². The number of nitrogens with one attached hydrogen (secondary N) is 1. The highest BCUT2D eigenvalue weighted by molar-refractivity contribution is 6.30. The molecule has 5 nitrogen and oxygen atoms in total. The number of hydrogen-bond donors (Lipinski definition) is 1. The number of anilines is 1. The molecule has 0 fully saturated rings. The summed E-state index contributed by atoms with van der Waals surface area (Å²) in [6.45, 7) is -0.262. The standard InChI is InChI=1S/C17H11ClF2N2O3/c18-11-2-1-3-12(7-11)24-9-16(23)21-17-8-15(22-25-17)10-4-5-13(19)14(20)6-10/h1-8H,9H2,(H,21,23). The second-order valence-electron chi connectivity index (χ2n) is 5.00. The molecule has 0 unspecified atom stereocenters. The van der Waals surface area contributed by atoms with Crippen molar-refractivity contribution in [3.05, 3.63) is 65.2 Å². The van der Waals surface area contributed by atoms with Crippen molar-refractivity contribution in [2.75, 3.05) is 11.9 Å². The molecule has 0 bridgehead atoms. The van der Waals surface area contributed by atoms with E-state index < -0.39 is 17.5 Å². The predicted octanol–water partition coefficient (Wildman–Crippen LogP) is 4.29. The van der Waals surface area contributed by atoms with Gasteiger partial charge in [0.2, 0.25) is 5.88 Å². The van der Waals surface area contributed by atoms with Crippen LogP contribution in [0.3, 0.4) is 0 Å². The van der Waals surface area contributed by atoms with Gasteiger partial charge >= 0.3 is 0 Å². The summed E-state index contributed by atoms with van der Waals surface area (Å²) in [5, 5.41) is 6.64. The van der Waals surface area contributed by atoms with E-state index in [-0.39, 0.29) is 18.2 Å². The van der Waals surface area contributed by atoms with Gasteiger partial charge in [-0.05, 0) is 36.4 Å². The van der Waals surface area contributed by atoms with Crippen molar-refractivity contribution in [2.45, 2.75) is 0 Å². The predicted molar refractivity (Wildman–Crippen MR) is 87.4 cm³/mol. The number of benzene rings is 2. The number of carbonyl (C=O) groups is 1. The fourth-order valence-electron chi connectivity index (χ4n) is 2.00. The Balaban J connectivity index is 1.60. The number of amides is 1. The third-order valence-corrected chi connectivity index (χ3v) is 3.39. The summed E-state index contributed by atoms with van der Waals surface area (Å²) in [5.41, 5.74) is 0.572. The van der Waals surface area contributed by atoms with Crippen molar-refractivity contribution < 1.29 is 22.8 Å². The second-order valence-corrected chi connectivity index (χ2v) is 5.44. The van der Waals surface area contributed by atoms with Gasteiger partial charge in [-0.1, -0.05) is 22.8 Å². The molecule has 3 rings (SSSR count). The average Bonchev–Trinajstić information content (AvgIpc) is 3.04. The van der Waals surface area contributed by atoms with E-state index in [9.17, 15) is 13.6 Å². The smallest absolute Gasteiger partial charge is 0.264 e. The Hall–Kier alpha value is -2.93. The topological polar surface area (TPSA) is 64.4 Å². The van der Waals surface area contributed by atoms with Crippen molar-refractivity contribution in [1.29, 1.82) is 0 Å². The number of hydrogen-bond acceptors (Lipinski definition) is 4. The van der Waals surface area contributed by atoms with Crippen molar-refractivity contribution in [3.8, 4) is 17.0 Å². The summed E-state index contributed by atoms with van der Waals surface area (Å²) in [5.74, 6) is -1.94. The second kappa shape index (κ2) is 7.31. The maximum atomic E-state index is 13.2. The fraction of sp³-hybridized carbons (Fsp3) is 0.0588. The van der Waals surface area contributed by atoms with Crippen LogP contribution in [-0.2, 0) is 4.79 Å².